The molecule has 0 radical (unpaired) electrons. The van der Waals surface area contributed by atoms with Crippen molar-refractivity contribution in [2.75, 3.05) is 23.4 Å². The number of nitrogens with zero attached hydrogens (tertiary/aromatic N) is 2. The number of fused-ring (bicyclic) bond motifs is 1. The number of para-hydroxylation sites is 2. The van der Waals surface area contributed by atoms with E-state index >= 15 is 0 Å². The van der Waals surface area contributed by atoms with Gasteiger partial charge in [0.05, 0.1) is 29.0 Å². The fourth-order valence-corrected chi connectivity index (χ4v) is 4.49. The molecule has 0 saturated carbocycles. The highest BCUT2D eigenvalue weighted by Gasteiger charge is 2.40. The van der Waals surface area contributed by atoms with Gasteiger partial charge in [-0.25, -0.2) is 4.39 Å². The molecule has 7 nitrogen and oxygen atoms in total. The van der Waals surface area contributed by atoms with Gasteiger partial charge >= 0.3 is 12.4 Å². The number of benzene rings is 3. The number of rotatable bonds is 5. The maximum Gasteiger partial charge on any atom is 0.416 e. The third-order valence-corrected chi connectivity index (χ3v) is 6.82. The predicted molar refractivity (Wildman–Crippen MR) is 143 cm³/mol. The molecule has 0 unspecified atom stereocenters. The van der Waals surface area contributed by atoms with E-state index in [4.69, 9.17) is 0 Å². The van der Waals surface area contributed by atoms with Crippen LogP contribution in [0, 0.1) is 5.82 Å². The van der Waals surface area contributed by atoms with E-state index in [1.807, 2.05) is 0 Å². The Hall–Kier alpha value is -4.62. The minimum Gasteiger partial charge on any atom is -0.341 e. The van der Waals surface area contributed by atoms with E-state index in [9.17, 15) is 45.1 Å². The van der Waals surface area contributed by atoms with Crippen molar-refractivity contribution in [3.63, 3.8) is 0 Å². The van der Waals surface area contributed by atoms with E-state index in [1.165, 1.54) is 57.3 Å². The van der Waals surface area contributed by atoms with Crippen molar-refractivity contribution in [1.29, 1.82) is 0 Å². The van der Waals surface area contributed by atoms with Crippen LogP contribution in [0.1, 0.15) is 35.3 Å². The standard InChI is InChI=1S/C29H25F7N4O3/c1-27(2,38-24(41)16-8-10-19(30)11-9-16)26(43)37-21-15-40(23-7-5-4-6-22(23)39(3)25(21)42)20-13-17(28(31,32)33)12-18(14-20)29(34,35)36/h4-14,21H,15H2,1-3H3,(H,37,43)(H,38,41)/t21-/m0/s1. The minimum atomic E-state index is -5.12. The smallest absolute Gasteiger partial charge is 0.341 e. The summed E-state index contributed by atoms with van der Waals surface area (Å²) in [6.45, 7) is 2.10. The Bertz CT molecular complexity index is 1520. The molecule has 1 heterocycles. The van der Waals surface area contributed by atoms with Gasteiger partial charge in [0.25, 0.3) is 11.8 Å². The molecule has 1 aliphatic rings. The van der Waals surface area contributed by atoms with Crippen LogP contribution in [-0.2, 0) is 21.9 Å². The van der Waals surface area contributed by atoms with E-state index in [0.717, 1.165) is 21.9 Å². The van der Waals surface area contributed by atoms with Crippen molar-refractivity contribution in [1.82, 2.24) is 10.6 Å². The molecule has 0 spiro atoms. The lowest BCUT2D eigenvalue weighted by molar-refractivity contribution is -0.143. The number of nitrogens with one attached hydrogen (secondary N) is 2. The van der Waals surface area contributed by atoms with Gasteiger partial charge in [0, 0.05) is 18.3 Å². The molecule has 14 heteroatoms. The fraction of sp³-hybridized carbons (Fsp3) is 0.276. The van der Waals surface area contributed by atoms with Crippen LogP contribution in [0.3, 0.4) is 0 Å². The Morgan fingerprint density at radius 2 is 1.37 bits per heavy atom. The molecule has 43 heavy (non-hydrogen) atoms. The lowest BCUT2D eigenvalue weighted by Crippen LogP contribution is -2.60. The van der Waals surface area contributed by atoms with Gasteiger partial charge < -0.3 is 20.4 Å². The molecule has 0 saturated heterocycles. The summed E-state index contributed by atoms with van der Waals surface area (Å²) in [5.74, 6) is -2.91. The summed E-state index contributed by atoms with van der Waals surface area (Å²) in [6, 6.07) is 9.98. The van der Waals surface area contributed by atoms with Crippen molar-refractivity contribution >= 4 is 34.8 Å². The summed E-state index contributed by atoms with van der Waals surface area (Å²) < 4.78 is 95.3. The van der Waals surface area contributed by atoms with Gasteiger partial charge in [0.2, 0.25) is 5.91 Å². The van der Waals surface area contributed by atoms with Gasteiger partial charge in [-0.3, -0.25) is 14.4 Å². The van der Waals surface area contributed by atoms with Crippen LogP contribution in [0.5, 0.6) is 0 Å². The number of carbonyl (C=O) groups is 3. The van der Waals surface area contributed by atoms with Crippen molar-refractivity contribution in [2.24, 2.45) is 0 Å². The number of amides is 3. The highest BCUT2D eigenvalue weighted by atomic mass is 19.4. The van der Waals surface area contributed by atoms with Crippen molar-refractivity contribution in [3.8, 4) is 0 Å². The quantitative estimate of drug-likeness (QED) is 0.365. The van der Waals surface area contributed by atoms with E-state index in [2.05, 4.69) is 10.6 Å². The van der Waals surface area contributed by atoms with Crippen LogP contribution in [-0.4, -0.2) is 42.9 Å². The van der Waals surface area contributed by atoms with Crippen molar-refractivity contribution in [3.05, 3.63) is 89.2 Å². The molecule has 3 amide bonds. The Labute approximate surface area is 241 Å². The van der Waals surface area contributed by atoms with Crippen LogP contribution in [0.2, 0.25) is 0 Å². The van der Waals surface area contributed by atoms with Gasteiger partial charge in [0.15, 0.2) is 0 Å². The van der Waals surface area contributed by atoms with Crippen molar-refractivity contribution in [2.45, 2.75) is 37.8 Å². The van der Waals surface area contributed by atoms with Crippen LogP contribution < -0.4 is 20.4 Å². The Morgan fingerprint density at radius 3 is 1.91 bits per heavy atom. The van der Waals surface area contributed by atoms with E-state index in [-0.39, 0.29) is 23.0 Å². The Balaban J connectivity index is 1.72. The second kappa shape index (κ2) is 11.2. The largest absolute Gasteiger partial charge is 0.416 e. The summed E-state index contributed by atoms with van der Waals surface area (Å²) in [6.07, 6.45) is -10.2. The number of halogens is 7. The SMILES string of the molecule is CN1C(=O)[C@@H](NC(=O)C(C)(C)NC(=O)c2ccc(F)cc2)CN(c2cc(C(F)(F)F)cc(C(F)(F)F)c2)c2ccccc21. The third kappa shape index (κ3) is 6.73. The normalized spacial score (nSPS) is 16.0. The molecule has 1 aliphatic heterocycles. The Morgan fingerprint density at radius 1 is 0.837 bits per heavy atom. The molecule has 228 valence electrons. The highest BCUT2D eigenvalue weighted by Crippen LogP contribution is 2.42. The predicted octanol–water partition coefficient (Wildman–Crippen LogP) is 5.67. The molecule has 3 aromatic carbocycles. The first kappa shape index (κ1) is 31.3. The summed E-state index contributed by atoms with van der Waals surface area (Å²) >= 11 is 0. The van der Waals surface area contributed by atoms with Gasteiger partial charge in [-0.15, -0.1) is 0 Å². The fourth-order valence-electron chi connectivity index (χ4n) is 4.49. The zero-order valence-electron chi connectivity index (χ0n) is 22.9. The van der Waals surface area contributed by atoms with E-state index in [0.29, 0.717) is 12.1 Å². The topological polar surface area (TPSA) is 81.8 Å². The summed E-state index contributed by atoms with van der Waals surface area (Å²) in [5.41, 5.74) is -4.95. The second-order valence-corrected chi connectivity index (χ2v) is 10.4. The monoisotopic (exact) mass is 610 g/mol. The molecule has 0 aromatic heterocycles. The van der Waals surface area contributed by atoms with E-state index in [1.54, 1.807) is 0 Å². The van der Waals surface area contributed by atoms with Gasteiger partial charge in [-0.2, -0.15) is 26.3 Å². The molecule has 0 bridgehead atoms. The first-order valence-corrected chi connectivity index (χ1v) is 12.7. The molecular formula is C29H25F7N4O3. The van der Waals surface area contributed by atoms with Gasteiger partial charge in [-0.05, 0) is 68.4 Å². The molecule has 0 aliphatic carbocycles. The average molecular weight is 611 g/mol. The van der Waals surface area contributed by atoms with Gasteiger partial charge in [0.1, 0.15) is 17.4 Å². The number of alkyl halides is 6. The molecule has 1 atom stereocenters. The van der Waals surface area contributed by atoms with Gasteiger partial charge in [-0.1, -0.05) is 12.1 Å². The van der Waals surface area contributed by atoms with Crippen LogP contribution in [0.15, 0.2) is 66.7 Å². The lowest BCUT2D eigenvalue weighted by Gasteiger charge is -2.31. The maximum absolute atomic E-state index is 13.7. The van der Waals surface area contributed by atoms with Crippen LogP contribution in [0.4, 0.5) is 47.8 Å². The first-order valence-electron chi connectivity index (χ1n) is 12.7. The third-order valence-electron chi connectivity index (χ3n) is 6.82. The number of hydrogen-bond donors (Lipinski definition) is 2. The van der Waals surface area contributed by atoms with Crippen molar-refractivity contribution < 1.29 is 45.1 Å². The maximum atomic E-state index is 13.7. The molecule has 3 aromatic rings. The number of likely N-dealkylation sites (N-methyl/N-ethyl adjacent to an activating group) is 1. The Kier molecular flexibility index (Phi) is 8.18. The van der Waals surface area contributed by atoms with Crippen LogP contribution in [0.25, 0.3) is 0 Å². The molecule has 2 N–H and O–H groups in total. The summed E-state index contributed by atoms with van der Waals surface area (Å²) in [7, 11) is 1.35. The lowest BCUT2D eigenvalue weighted by atomic mass is 10.0. The minimum absolute atomic E-state index is 0.00388. The van der Waals surface area contributed by atoms with Crippen LogP contribution >= 0.6 is 0 Å². The number of carbonyl (C=O) groups excluding carboxylic acids is 3. The average Bonchev–Trinajstić information content (AvgIpc) is 3.02. The number of anilines is 3. The number of hydrogen-bond acceptors (Lipinski definition) is 4. The zero-order chi connectivity index (χ0) is 31.9. The highest BCUT2D eigenvalue weighted by molar-refractivity contribution is 6.05. The summed E-state index contributed by atoms with van der Waals surface area (Å²) in [5, 5.41) is 4.95. The molecular weight excluding hydrogens is 585 g/mol. The molecule has 0 fully saturated rings. The first-order chi connectivity index (χ1) is 19.9. The molecule has 4 rings (SSSR count). The zero-order valence-corrected chi connectivity index (χ0v) is 22.9. The summed E-state index contributed by atoms with van der Waals surface area (Å²) in [4.78, 5) is 41.7. The second-order valence-electron chi connectivity index (χ2n) is 10.4. The van der Waals surface area contributed by atoms with E-state index < -0.39 is 70.8 Å².